The molecule has 1 amide bonds. The third kappa shape index (κ3) is 3.34. The Morgan fingerprint density at radius 2 is 1.94 bits per heavy atom. The lowest BCUT2D eigenvalue weighted by Gasteiger charge is -2.29. The fraction of sp³-hybridized carbons (Fsp3) is 0.562. The van der Waals surface area contributed by atoms with Crippen molar-refractivity contribution in [3.05, 3.63) is 35.4 Å². The predicted molar refractivity (Wildman–Crippen MR) is 74.3 cm³/mol. The van der Waals surface area contributed by atoms with Crippen molar-refractivity contribution in [2.75, 3.05) is 6.54 Å². The van der Waals surface area contributed by atoms with Crippen LogP contribution < -0.4 is 0 Å². The first-order valence-electron chi connectivity index (χ1n) is 7.16. The molecule has 1 heterocycles. The van der Waals surface area contributed by atoms with Gasteiger partial charge in [-0.25, -0.2) is 0 Å². The first kappa shape index (κ1) is 13.1. The first-order chi connectivity index (χ1) is 8.81. The van der Waals surface area contributed by atoms with E-state index in [1.54, 1.807) is 0 Å². The Balaban J connectivity index is 1.83. The van der Waals surface area contributed by atoms with E-state index in [4.69, 9.17) is 0 Å². The molecule has 2 heteroatoms. The van der Waals surface area contributed by atoms with Gasteiger partial charge < -0.3 is 4.90 Å². The van der Waals surface area contributed by atoms with E-state index < -0.39 is 0 Å². The maximum absolute atomic E-state index is 12.1. The van der Waals surface area contributed by atoms with Crippen LogP contribution >= 0.6 is 0 Å². The number of nitrogens with zero attached hydrogens (tertiary/aromatic N) is 1. The fourth-order valence-electron chi connectivity index (χ4n) is 2.57. The van der Waals surface area contributed by atoms with Gasteiger partial charge >= 0.3 is 0 Å². The lowest BCUT2D eigenvalue weighted by molar-refractivity contribution is -0.132. The van der Waals surface area contributed by atoms with Crippen LogP contribution in [0.25, 0.3) is 0 Å². The number of amides is 1. The molecule has 1 aliphatic rings. The van der Waals surface area contributed by atoms with Crippen LogP contribution in [-0.2, 0) is 17.8 Å². The van der Waals surface area contributed by atoms with E-state index in [1.807, 2.05) is 4.90 Å². The number of fused-ring (bicyclic) bond motifs is 1. The molecule has 98 valence electrons. The van der Waals surface area contributed by atoms with Crippen LogP contribution in [-0.4, -0.2) is 17.4 Å². The van der Waals surface area contributed by atoms with Crippen LogP contribution in [0.15, 0.2) is 24.3 Å². The lowest BCUT2D eigenvalue weighted by Crippen LogP contribution is -2.35. The van der Waals surface area contributed by atoms with Crippen LogP contribution in [0.5, 0.6) is 0 Å². The zero-order valence-corrected chi connectivity index (χ0v) is 11.3. The van der Waals surface area contributed by atoms with E-state index in [1.165, 1.54) is 30.4 Å². The second-order valence-corrected chi connectivity index (χ2v) is 5.14. The Kier molecular flexibility index (Phi) is 4.80. The number of carbonyl (C=O) groups excluding carboxylic acids is 1. The SMILES string of the molecule is CCCCCCC(=O)N1CCc2ccccc2C1. The minimum Gasteiger partial charge on any atom is -0.338 e. The van der Waals surface area contributed by atoms with E-state index in [2.05, 4.69) is 31.2 Å². The number of rotatable bonds is 5. The molecule has 1 aliphatic heterocycles. The lowest BCUT2D eigenvalue weighted by atomic mass is 9.99. The molecule has 0 bridgehead atoms. The molecule has 0 aliphatic carbocycles. The first-order valence-corrected chi connectivity index (χ1v) is 7.16. The summed E-state index contributed by atoms with van der Waals surface area (Å²) in [6, 6.07) is 8.47. The number of hydrogen-bond acceptors (Lipinski definition) is 1. The molecule has 1 aromatic carbocycles. The molecule has 0 saturated heterocycles. The minimum absolute atomic E-state index is 0.334. The Morgan fingerprint density at radius 3 is 2.72 bits per heavy atom. The highest BCUT2D eigenvalue weighted by Crippen LogP contribution is 2.19. The number of benzene rings is 1. The highest BCUT2D eigenvalue weighted by molar-refractivity contribution is 5.76. The molecule has 0 aromatic heterocycles. The normalized spacial score (nSPS) is 14.4. The van der Waals surface area contributed by atoms with E-state index in [-0.39, 0.29) is 0 Å². The molecule has 0 unspecified atom stereocenters. The zero-order valence-electron chi connectivity index (χ0n) is 11.3. The van der Waals surface area contributed by atoms with Crippen molar-refractivity contribution in [3.63, 3.8) is 0 Å². The molecule has 0 fully saturated rings. The van der Waals surface area contributed by atoms with Gasteiger partial charge in [-0.15, -0.1) is 0 Å². The van der Waals surface area contributed by atoms with Gasteiger partial charge in [0.1, 0.15) is 0 Å². The molecule has 18 heavy (non-hydrogen) atoms. The van der Waals surface area contributed by atoms with Crippen molar-refractivity contribution in [1.29, 1.82) is 0 Å². The van der Waals surface area contributed by atoms with Crippen molar-refractivity contribution in [2.45, 2.75) is 52.0 Å². The Bertz CT molecular complexity index is 400. The fourth-order valence-corrected chi connectivity index (χ4v) is 2.57. The summed E-state index contributed by atoms with van der Waals surface area (Å²) in [5.41, 5.74) is 2.73. The van der Waals surface area contributed by atoms with Gasteiger partial charge in [0.2, 0.25) is 5.91 Å². The predicted octanol–water partition coefficient (Wildman–Crippen LogP) is 3.54. The van der Waals surface area contributed by atoms with Gasteiger partial charge in [0.15, 0.2) is 0 Å². The standard InChI is InChI=1S/C16H23NO/c1-2-3-4-5-10-16(18)17-12-11-14-8-6-7-9-15(14)13-17/h6-9H,2-5,10-13H2,1H3. The van der Waals surface area contributed by atoms with Gasteiger partial charge in [-0.3, -0.25) is 4.79 Å². The van der Waals surface area contributed by atoms with Crippen molar-refractivity contribution in [3.8, 4) is 0 Å². The van der Waals surface area contributed by atoms with Gasteiger partial charge in [0, 0.05) is 19.5 Å². The molecule has 0 N–H and O–H groups in total. The maximum Gasteiger partial charge on any atom is 0.222 e. The van der Waals surface area contributed by atoms with Gasteiger partial charge in [-0.1, -0.05) is 50.5 Å². The molecule has 0 atom stereocenters. The topological polar surface area (TPSA) is 20.3 Å². The molecule has 1 aromatic rings. The largest absolute Gasteiger partial charge is 0.338 e. The van der Waals surface area contributed by atoms with Crippen LogP contribution in [0.4, 0.5) is 0 Å². The molecular formula is C16H23NO. The summed E-state index contributed by atoms with van der Waals surface area (Å²) in [5.74, 6) is 0.334. The average Bonchev–Trinajstić information content (AvgIpc) is 2.43. The summed E-state index contributed by atoms with van der Waals surface area (Å²) in [5, 5.41) is 0. The van der Waals surface area contributed by atoms with Gasteiger partial charge in [0.05, 0.1) is 0 Å². The summed E-state index contributed by atoms with van der Waals surface area (Å²) < 4.78 is 0. The molecule has 0 radical (unpaired) electrons. The van der Waals surface area contributed by atoms with E-state index in [0.717, 1.165) is 32.4 Å². The average molecular weight is 245 g/mol. The molecule has 2 nitrogen and oxygen atoms in total. The summed E-state index contributed by atoms with van der Waals surface area (Å²) >= 11 is 0. The smallest absolute Gasteiger partial charge is 0.222 e. The minimum atomic E-state index is 0.334. The highest BCUT2D eigenvalue weighted by Gasteiger charge is 2.19. The summed E-state index contributed by atoms with van der Waals surface area (Å²) in [4.78, 5) is 14.1. The zero-order chi connectivity index (χ0) is 12.8. The highest BCUT2D eigenvalue weighted by atomic mass is 16.2. The Morgan fingerprint density at radius 1 is 1.17 bits per heavy atom. The van der Waals surface area contributed by atoms with Gasteiger partial charge in [-0.05, 0) is 24.0 Å². The number of hydrogen-bond donors (Lipinski definition) is 0. The molecule has 0 spiro atoms. The Labute approximate surface area is 110 Å². The second-order valence-electron chi connectivity index (χ2n) is 5.14. The third-order valence-electron chi connectivity index (χ3n) is 3.73. The summed E-state index contributed by atoms with van der Waals surface area (Å²) in [6.07, 6.45) is 6.44. The third-order valence-corrected chi connectivity index (χ3v) is 3.73. The van der Waals surface area contributed by atoms with E-state index in [0.29, 0.717) is 5.91 Å². The van der Waals surface area contributed by atoms with Crippen LogP contribution in [0.1, 0.15) is 50.2 Å². The van der Waals surface area contributed by atoms with Crippen molar-refractivity contribution >= 4 is 5.91 Å². The van der Waals surface area contributed by atoms with E-state index >= 15 is 0 Å². The quantitative estimate of drug-likeness (QED) is 0.727. The van der Waals surface area contributed by atoms with Gasteiger partial charge in [0.25, 0.3) is 0 Å². The number of carbonyl (C=O) groups is 1. The number of unbranched alkanes of at least 4 members (excludes halogenated alkanes) is 3. The summed E-state index contributed by atoms with van der Waals surface area (Å²) in [6.45, 7) is 3.90. The van der Waals surface area contributed by atoms with Crippen molar-refractivity contribution < 1.29 is 4.79 Å². The summed E-state index contributed by atoms with van der Waals surface area (Å²) in [7, 11) is 0. The molecule has 2 rings (SSSR count). The maximum atomic E-state index is 12.1. The van der Waals surface area contributed by atoms with Crippen LogP contribution in [0.3, 0.4) is 0 Å². The van der Waals surface area contributed by atoms with Crippen molar-refractivity contribution in [1.82, 2.24) is 4.90 Å². The van der Waals surface area contributed by atoms with Gasteiger partial charge in [-0.2, -0.15) is 0 Å². The second kappa shape index (κ2) is 6.58. The molecule has 0 saturated carbocycles. The van der Waals surface area contributed by atoms with E-state index in [9.17, 15) is 4.79 Å². The van der Waals surface area contributed by atoms with Crippen molar-refractivity contribution in [2.24, 2.45) is 0 Å². The Hall–Kier alpha value is -1.31. The molecular weight excluding hydrogens is 222 g/mol. The van der Waals surface area contributed by atoms with Crippen LogP contribution in [0.2, 0.25) is 0 Å². The van der Waals surface area contributed by atoms with Crippen LogP contribution in [0, 0.1) is 0 Å². The monoisotopic (exact) mass is 245 g/mol.